The molecule has 0 radical (unpaired) electrons. The van der Waals surface area contributed by atoms with E-state index in [1.807, 2.05) is 6.07 Å². The highest BCUT2D eigenvalue weighted by Crippen LogP contribution is 2.03. The molecule has 0 spiro atoms. The fraction of sp³-hybridized carbons (Fsp3) is 0.0667. The molecule has 1 aromatic heterocycles. The first-order chi connectivity index (χ1) is 9.28. The predicted molar refractivity (Wildman–Crippen MR) is 71.2 cm³/mol. The Balaban J connectivity index is 2.19. The van der Waals surface area contributed by atoms with Crippen molar-refractivity contribution in [3.05, 3.63) is 65.2 Å². The summed E-state index contributed by atoms with van der Waals surface area (Å²) in [5.74, 6) is 5.63. The second kappa shape index (κ2) is 6.31. The van der Waals surface area contributed by atoms with Gasteiger partial charge in [-0.15, -0.1) is 0 Å². The van der Waals surface area contributed by atoms with Crippen molar-refractivity contribution in [1.29, 1.82) is 0 Å². The Morgan fingerprint density at radius 1 is 1.16 bits per heavy atom. The van der Waals surface area contributed by atoms with Crippen molar-refractivity contribution in [2.24, 2.45) is 5.16 Å². The van der Waals surface area contributed by atoms with Gasteiger partial charge in [0.1, 0.15) is 12.9 Å². The van der Waals surface area contributed by atoms with Crippen molar-refractivity contribution < 1.29 is 9.23 Å². The molecule has 0 aliphatic rings. The van der Waals surface area contributed by atoms with Crippen LogP contribution in [0.5, 0.6) is 0 Å². The molecule has 1 heterocycles. The van der Waals surface area contributed by atoms with Crippen molar-refractivity contribution in [2.75, 3.05) is 7.11 Å². The number of rotatable bonds is 2. The van der Waals surface area contributed by atoms with E-state index in [0.29, 0.717) is 0 Å². The molecule has 0 atom stereocenters. The third-order valence-corrected chi connectivity index (χ3v) is 2.26. The predicted octanol–water partition coefficient (Wildman–Crippen LogP) is 2.60. The molecule has 2 rings (SSSR count). The number of benzene rings is 1. The highest BCUT2D eigenvalue weighted by Gasteiger charge is 1.92. The summed E-state index contributed by atoms with van der Waals surface area (Å²) in [7, 11) is 1.47. The Morgan fingerprint density at radius 3 is 2.63 bits per heavy atom. The number of nitrogens with zero attached hydrogens (tertiary/aromatic N) is 2. The molecule has 0 fully saturated rings. The molecule has 0 saturated heterocycles. The standard InChI is InChI=1S/C15H11FN2O/c1-19-18-11-14-8-13(9-17-10-14)3-2-12-4-6-15(16)7-5-12/h4-11H,1H3. The van der Waals surface area contributed by atoms with Gasteiger partial charge in [-0.1, -0.05) is 17.0 Å². The maximum atomic E-state index is 12.7. The van der Waals surface area contributed by atoms with Crippen LogP contribution in [0.3, 0.4) is 0 Å². The van der Waals surface area contributed by atoms with E-state index in [1.54, 1.807) is 30.7 Å². The lowest BCUT2D eigenvalue weighted by Crippen LogP contribution is -1.86. The van der Waals surface area contributed by atoms with Gasteiger partial charge in [-0.25, -0.2) is 4.39 Å². The zero-order valence-electron chi connectivity index (χ0n) is 10.3. The van der Waals surface area contributed by atoms with E-state index in [0.717, 1.165) is 16.7 Å². The number of halogens is 1. The first-order valence-electron chi connectivity index (χ1n) is 5.57. The summed E-state index contributed by atoms with van der Waals surface area (Å²) >= 11 is 0. The molecular formula is C15H11FN2O. The quantitative estimate of drug-likeness (QED) is 0.469. The van der Waals surface area contributed by atoms with Gasteiger partial charge in [0.25, 0.3) is 0 Å². The summed E-state index contributed by atoms with van der Waals surface area (Å²) in [6.07, 6.45) is 4.86. The molecule has 94 valence electrons. The first kappa shape index (κ1) is 12.8. The normalized spacial score (nSPS) is 10.0. The minimum Gasteiger partial charge on any atom is -0.399 e. The zero-order chi connectivity index (χ0) is 13.5. The van der Waals surface area contributed by atoms with E-state index < -0.39 is 0 Å². The molecule has 2 aromatic rings. The molecule has 0 unspecified atom stereocenters. The zero-order valence-corrected chi connectivity index (χ0v) is 10.3. The van der Waals surface area contributed by atoms with Crippen LogP contribution in [-0.4, -0.2) is 18.3 Å². The second-order valence-electron chi connectivity index (χ2n) is 3.68. The SMILES string of the molecule is CON=Cc1cncc(C#Cc2ccc(F)cc2)c1. The van der Waals surface area contributed by atoms with Crippen LogP contribution in [0.1, 0.15) is 16.7 Å². The van der Waals surface area contributed by atoms with Crippen molar-refractivity contribution in [2.45, 2.75) is 0 Å². The third-order valence-electron chi connectivity index (χ3n) is 2.26. The van der Waals surface area contributed by atoms with Crippen LogP contribution < -0.4 is 0 Å². The van der Waals surface area contributed by atoms with Gasteiger partial charge in [-0.3, -0.25) is 4.98 Å². The van der Waals surface area contributed by atoms with E-state index in [9.17, 15) is 4.39 Å². The first-order valence-corrected chi connectivity index (χ1v) is 5.57. The van der Waals surface area contributed by atoms with E-state index in [2.05, 4.69) is 26.8 Å². The topological polar surface area (TPSA) is 34.5 Å². The smallest absolute Gasteiger partial charge is 0.123 e. The summed E-state index contributed by atoms with van der Waals surface area (Å²) in [5, 5.41) is 3.66. The number of pyridine rings is 1. The second-order valence-corrected chi connectivity index (χ2v) is 3.68. The van der Waals surface area contributed by atoms with Crippen molar-refractivity contribution >= 4 is 6.21 Å². The Bertz CT molecular complexity index is 639. The third kappa shape index (κ3) is 3.93. The Kier molecular flexibility index (Phi) is 4.25. The monoisotopic (exact) mass is 254 g/mol. The van der Waals surface area contributed by atoms with E-state index in [-0.39, 0.29) is 5.82 Å². The molecule has 0 bridgehead atoms. The number of hydrogen-bond acceptors (Lipinski definition) is 3. The van der Waals surface area contributed by atoms with Gasteiger partial charge in [-0.2, -0.15) is 0 Å². The Morgan fingerprint density at radius 2 is 1.89 bits per heavy atom. The van der Waals surface area contributed by atoms with Crippen molar-refractivity contribution in [3.63, 3.8) is 0 Å². The van der Waals surface area contributed by atoms with Gasteiger partial charge in [0, 0.05) is 29.1 Å². The molecule has 19 heavy (non-hydrogen) atoms. The number of oxime groups is 1. The fourth-order valence-electron chi connectivity index (χ4n) is 1.39. The minimum absolute atomic E-state index is 0.273. The van der Waals surface area contributed by atoms with Gasteiger partial charge < -0.3 is 4.84 Å². The molecule has 0 aliphatic carbocycles. The molecule has 0 N–H and O–H groups in total. The molecule has 3 nitrogen and oxygen atoms in total. The van der Waals surface area contributed by atoms with Gasteiger partial charge >= 0.3 is 0 Å². The summed E-state index contributed by atoms with van der Waals surface area (Å²) in [6.45, 7) is 0. The summed E-state index contributed by atoms with van der Waals surface area (Å²) in [6, 6.07) is 7.86. The van der Waals surface area contributed by atoms with Gasteiger partial charge in [0.15, 0.2) is 0 Å². The molecule has 0 saturated carbocycles. The van der Waals surface area contributed by atoms with Crippen LogP contribution in [0.25, 0.3) is 0 Å². The Labute approximate surface area is 110 Å². The van der Waals surface area contributed by atoms with Crippen molar-refractivity contribution in [1.82, 2.24) is 4.98 Å². The summed E-state index contributed by atoms with van der Waals surface area (Å²) in [4.78, 5) is 8.65. The van der Waals surface area contributed by atoms with Crippen molar-refractivity contribution in [3.8, 4) is 11.8 Å². The molecule has 1 aromatic carbocycles. The van der Waals surface area contributed by atoms with Gasteiger partial charge in [0.2, 0.25) is 0 Å². The number of aromatic nitrogens is 1. The highest BCUT2D eigenvalue weighted by molar-refractivity contribution is 5.79. The van der Waals surface area contributed by atoms with E-state index in [4.69, 9.17) is 0 Å². The lowest BCUT2D eigenvalue weighted by atomic mass is 10.2. The number of hydrogen-bond donors (Lipinski definition) is 0. The highest BCUT2D eigenvalue weighted by atomic mass is 19.1. The summed E-state index contributed by atoms with van der Waals surface area (Å²) < 4.78 is 12.7. The largest absolute Gasteiger partial charge is 0.399 e. The van der Waals surface area contributed by atoms with Crippen LogP contribution in [0.2, 0.25) is 0 Å². The maximum absolute atomic E-state index is 12.7. The molecule has 4 heteroatoms. The fourth-order valence-corrected chi connectivity index (χ4v) is 1.39. The van der Waals surface area contributed by atoms with E-state index in [1.165, 1.54) is 19.2 Å². The van der Waals surface area contributed by atoms with Gasteiger partial charge in [0.05, 0.1) is 6.21 Å². The van der Waals surface area contributed by atoms with Crippen LogP contribution >= 0.6 is 0 Å². The average molecular weight is 254 g/mol. The summed E-state index contributed by atoms with van der Waals surface area (Å²) in [5.41, 5.74) is 2.30. The lowest BCUT2D eigenvalue weighted by molar-refractivity contribution is 0.215. The minimum atomic E-state index is -0.273. The lowest BCUT2D eigenvalue weighted by Gasteiger charge is -1.93. The molecule has 0 amide bonds. The van der Waals surface area contributed by atoms with Crippen LogP contribution in [0.15, 0.2) is 47.9 Å². The average Bonchev–Trinajstić information content (AvgIpc) is 2.45. The van der Waals surface area contributed by atoms with Gasteiger partial charge in [-0.05, 0) is 30.3 Å². The molecular weight excluding hydrogens is 243 g/mol. The van der Waals surface area contributed by atoms with Crippen LogP contribution in [-0.2, 0) is 4.84 Å². The van der Waals surface area contributed by atoms with Crippen LogP contribution in [0.4, 0.5) is 4.39 Å². The maximum Gasteiger partial charge on any atom is 0.123 e. The van der Waals surface area contributed by atoms with E-state index >= 15 is 0 Å². The Hall–Kier alpha value is -2.67. The van der Waals surface area contributed by atoms with Crippen LogP contribution in [0, 0.1) is 17.7 Å². The molecule has 0 aliphatic heterocycles.